The van der Waals surface area contributed by atoms with E-state index in [0.717, 1.165) is 6.42 Å². The first-order valence-corrected chi connectivity index (χ1v) is 6.33. The van der Waals surface area contributed by atoms with E-state index in [0.29, 0.717) is 18.3 Å². The molecule has 0 saturated heterocycles. The quantitative estimate of drug-likeness (QED) is 0.778. The van der Waals surface area contributed by atoms with E-state index in [9.17, 15) is 4.79 Å². The summed E-state index contributed by atoms with van der Waals surface area (Å²) in [6, 6.07) is 0.341. The molecule has 0 radical (unpaired) electrons. The third-order valence-corrected chi connectivity index (χ3v) is 3.16. The molecule has 0 aliphatic rings. The molecule has 0 spiro atoms. The molecular formula is C13H18N6O. The molecule has 106 valence electrons. The molecule has 2 aromatic rings. The molecule has 0 aliphatic carbocycles. The van der Waals surface area contributed by atoms with Crippen molar-refractivity contribution < 1.29 is 0 Å². The second-order valence-electron chi connectivity index (χ2n) is 4.77. The first kappa shape index (κ1) is 14.1. The number of nitrogens with one attached hydrogen (secondary N) is 1. The Morgan fingerprint density at radius 1 is 1.55 bits per heavy atom. The Morgan fingerprint density at radius 2 is 2.30 bits per heavy atom. The standard InChI is InChI=1S/C13H18N6O/c1-4-5-8(2)19(3)7-9-6-15-11-10(16-9)12(20)18-13(14)17-11/h4,6,8H,1,5,7H2,2-3H3,(H3,14,15,17,18,20). The molecule has 2 aromatic heterocycles. The van der Waals surface area contributed by atoms with Gasteiger partial charge in [0.25, 0.3) is 5.56 Å². The van der Waals surface area contributed by atoms with E-state index >= 15 is 0 Å². The topological polar surface area (TPSA) is 101 Å². The number of hydrogen-bond donors (Lipinski definition) is 2. The summed E-state index contributed by atoms with van der Waals surface area (Å²) < 4.78 is 0. The van der Waals surface area contributed by atoms with E-state index in [4.69, 9.17) is 5.73 Å². The van der Waals surface area contributed by atoms with E-state index in [1.165, 1.54) is 0 Å². The molecule has 0 fully saturated rings. The molecule has 0 bridgehead atoms. The van der Waals surface area contributed by atoms with Gasteiger partial charge in [0.15, 0.2) is 11.2 Å². The lowest BCUT2D eigenvalue weighted by Crippen LogP contribution is -2.28. The maximum absolute atomic E-state index is 11.8. The van der Waals surface area contributed by atoms with Crippen LogP contribution < -0.4 is 11.3 Å². The van der Waals surface area contributed by atoms with Gasteiger partial charge in [0.1, 0.15) is 0 Å². The third-order valence-electron chi connectivity index (χ3n) is 3.16. The molecule has 0 saturated carbocycles. The minimum Gasteiger partial charge on any atom is -0.369 e. The number of rotatable bonds is 5. The number of hydrogen-bond acceptors (Lipinski definition) is 6. The maximum atomic E-state index is 11.8. The minimum atomic E-state index is -0.372. The summed E-state index contributed by atoms with van der Waals surface area (Å²) in [4.78, 5) is 28.7. The molecule has 2 heterocycles. The van der Waals surface area contributed by atoms with Crippen molar-refractivity contribution in [3.05, 3.63) is 34.9 Å². The van der Waals surface area contributed by atoms with Gasteiger partial charge in [-0.25, -0.2) is 9.97 Å². The van der Waals surface area contributed by atoms with Crippen molar-refractivity contribution in [2.75, 3.05) is 12.8 Å². The van der Waals surface area contributed by atoms with Crippen LogP contribution in [-0.2, 0) is 6.54 Å². The Morgan fingerprint density at radius 3 is 3.00 bits per heavy atom. The highest BCUT2D eigenvalue weighted by Crippen LogP contribution is 2.08. The van der Waals surface area contributed by atoms with E-state index in [1.807, 2.05) is 13.1 Å². The summed E-state index contributed by atoms with van der Waals surface area (Å²) in [5.41, 5.74) is 6.28. The largest absolute Gasteiger partial charge is 0.369 e. The van der Waals surface area contributed by atoms with Crippen molar-refractivity contribution >= 4 is 17.1 Å². The van der Waals surface area contributed by atoms with Crippen LogP contribution in [0.4, 0.5) is 5.95 Å². The Hall–Kier alpha value is -2.28. The van der Waals surface area contributed by atoms with Gasteiger partial charge in [-0.05, 0) is 20.4 Å². The van der Waals surface area contributed by atoms with Gasteiger partial charge in [0, 0.05) is 12.6 Å². The zero-order valence-electron chi connectivity index (χ0n) is 11.6. The van der Waals surface area contributed by atoms with Gasteiger partial charge in [0.05, 0.1) is 11.9 Å². The number of fused-ring (bicyclic) bond motifs is 1. The molecule has 20 heavy (non-hydrogen) atoms. The first-order valence-electron chi connectivity index (χ1n) is 6.33. The average molecular weight is 274 g/mol. The third kappa shape index (κ3) is 3.00. The van der Waals surface area contributed by atoms with Crippen LogP contribution >= 0.6 is 0 Å². The molecule has 3 N–H and O–H groups in total. The van der Waals surface area contributed by atoms with Crippen LogP contribution in [0.3, 0.4) is 0 Å². The fourth-order valence-electron chi connectivity index (χ4n) is 1.88. The van der Waals surface area contributed by atoms with Gasteiger partial charge >= 0.3 is 0 Å². The predicted octanol–water partition coefficient (Wildman–Crippen LogP) is 0.692. The number of aromatic nitrogens is 4. The van der Waals surface area contributed by atoms with Crippen LogP contribution in [0, 0.1) is 0 Å². The van der Waals surface area contributed by atoms with Crippen molar-refractivity contribution in [1.29, 1.82) is 0 Å². The number of nitrogens with two attached hydrogens (primary N) is 1. The highest BCUT2D eigenvalue weighted by Gasteiger charge is 2.11. The Labute approximate surface area is 116 Å². The zero-order chi connectivity index (χ0) is 14.7. The number of aromatic amines is 1. The van der Waals surface area contributed by atoms with Gasteiger partial charge in [0.2, 0.25) is 5.95 Å². The van der Waals surface area contributed by atoms with Crippen molar-refractivity contribution in [2.45, 2.75) is 25.9 Å². The lowest BCUT2D eigenvalue weighted by atomic mass is 10.2. The molecule has 7 heteroatoms. The summed E-state index contributed by atoms with van der Waals surface area (Å²) in [5, 5.41) is 0. The molecule has 7 nitrogen and oxygen atoms in total. The summed E-state index contributed by atoms with van der Waals surface area (Å²) in [7, 11) is 1.99. The summed E-state index contributed by atoms with van der Waals surface area (Å²) in [6.07, 6.45) is 4.38. The number of H-pyrrole nitrogens is 1. The molecule has 0 amide bonds. The fraction of sp³-hybridized carbons (Fsp3) is 0.385. The second-order valence-corrected chi connectivity index (χ2v) is 4.77. The van der Waals surface area contributed by atoms with Crippen LogP contribution in [0.5, 0.6) is 0 Å². The van der Waals surface area contributed by atoms with Gasteiger partial charge in [-0.2, -0.15) is 4.98 Å². The van der Waals surface area contributed by atoms with Crippen molar-refractivity contribution in [2.24, 2.45) is 0 Å². The lowest BCUT2D eigenvalue weighted by molar-refractivity contribution is 0.248. The lowest BCUT2D eigenvalue weighted by Gasteiger charge is -2.22. The minimum absolute atomic E-state index is 0.0428. The predicted molar refractivity (Wildman–Crippen MR) is 78.1 cm³/mol. The summed E-state index contributed by atoms with van der Waals surface area (Å²) in [5.74, 6) is 0.0428. The normalized spacial score (nSPS) is 12.8. The van der Waals surface area contributed by atoms with Crippen molar-refractivity contribution in [3.8, 4) is 0 Å². The van der Waals surface area contributed by atoms with Gasteiger partial charge in [-0.3, -0.25) is 14.7 Å². The van der Waals surface area contributed by atoms with Gasteiger partial charge < -0.3 is 5.73 Å². The van der Waals surface area contributed by atoms with Crippen LogP contribution in [0.2, 0.25) is 0 Å². The van der Waals surface area contributed by atoms with E-state index in [2.05, 4.69) is 38.3 Å². The maximum Gasteiger partial charge on any atom is 0.280 e. The van der Waals surface area contributed by atoms with E-state index in [1.54, 1.807) is 6.20 Å². The molecule has 0 aromatic carbocycles. The van der Waals surface area contributed by atoms with Gasteiger partial charge in [-0.15, -0.1) is 6.58 Å². The molecule has 2 rings (SSSR count). The highest BCUT2D eigenvalue weighted by molar-refractivity contribution is 5.69. The number of nitrogen functional groups attached to an aromatic ring is 1. The number of anilines is 1. The average Bonchev–Trinajstić information content (AvgIpc) is 2.39. The van der Waals surface area contributed by atoms with E-state index in [-0.39, 0.29) is 22.7 Å². The van der Waals surface area contributed by atoms with Crippen LogP contribution in [0.1, 0.15) is 19.0 Å². The first-order chi connectivity index (χ1) is 9.51. The molecular weight excluding hydrogens is 256 g/mol. The van der Waals surface area contributed by atoms with Crippen molar-refractivity contribution in [1.82, 2.24) is 24.8 Å². The monoisotopic (exact) mass is 274 g/mol. The number of nitrogens with zero attached hydrogens (tertiary/aromatic N) is 4. The Balaban J connectivity index is 2.28. The van der Waals surface area contributed by atoms with Crippen LogP contribution in [-0.4, -0.2) is 37.9 Å². The Bertz CT molecular complexity index is 680. The Kier molecular flexibility index (Phi) is 4.09. The smallest absolute Gasteiger partial charge is 0.280 e. The van der Waals surface area contributed by atoms with Crippen molar-refractivity contribution in [3.63, 3.8) is 0 Å². The highest BCUT2D eigenvalue weighted by atomic mass is 16.1. The fourth-order valence-corrected chi connectivity index (χ4v) is 1.88. The summed E-state index contributed by atoms with van der Waals surface area (Å²) >= 11 is 0. The van der Waals surface area contributed by atoms with E-state index < -0.39 is 0 Å². The van der Waals surface area contributed by atoms with Crippen LogP contribution in [0.15, 0.2) is 23.6 Å². The van der Waals surface area contributed by atoms with Crippen LogP contribution in [0.25, 0.3) is 11.2 Å². The summed E-state index contributed by atoms with van der Waals surface area (Å²) in [6.45, 7) is 6.43. The zero-order valence-corrected chi connectivity index (χ0v) is 11.6. The van der Waals surface area contributed by atoms with Gasteiger partial charge in [-0.1, -0.05) is 6.08 Å². The molecule has 0 aliphatic heterocycles. The molecule has 1 atom stereocenters. The SMILES string of the molecule is C=CCC(C)N(C)Cc1cnc2nc(N)[nH]c(=O)c2n1. The second kappa shape index (κ2) is 5.79. The molecule has 1 unspecified atom stereocenters.